The number of hydrogen-bond acceptors (Lipinski definition) is 1. The Balaban J connectivity index is 5.78. The Morgan fingerprint density at radius 1 is 0.667 bits per heavy atom. The Hall–Kier alpha value is 0.759. The predicted octanol–water partition coefficient (Wildman–Crippen LogP) is 4.37. The van der Waals surface area contributed by atoms with E-state index in [9.17, 15) is 5.11 Å². The molecule has 2 heteroatoms. The number of hydrogen-bond donors (Lipinski definition) is 1. The molecule has 0 unspecified atom stereocenters. The van der Waals surface area contributed by atoms with E-state index >= 15 is 0 Å². The van der Waals surface area contributed by atoms with Crippen LogP contribution in [-0.2, 0) is 0 Å². The molecular weight excluding hydrogens is 291 g/mol. The van der Waals surface area contributed by atoms with Gasteiger partial charge < -0.3 is 0 Å². The normalized spacial score (nSPS) is 15.6. The van der Waals surface area contributed by atoms with Gasteiger partial charge in [-0.1, -0.05) is 0 Å². The second-order valence-electron chi connectivity index (χ2n) is 7.81. The molecular formula is C13H30OSn. The van der Waals surface area contributed by atoms with Crippen molar-refractivity contribution in [1.82, 2.24) is 0 Å². The fourth-order valence-corrected chi connectivity index (χ4v) is 27.4. The molecule has 0 aromatic carbocycles. The van der Waals surface area contributed by atoms with E-state index in [-0.39, 0.29) is 0 Å². The van der Waals surface area contributed by atoms with Gasteiger partial charge in [0.1, 0.15) is 0 Å². The molecule has 0 aliphatic carbocycles. The minimum atomic E-state index is -2.70. The number of aliphatic hydroxyl groups excluding tert-OH is 1. The van der Waals surface area contributed by atoms with Crippen LogP contribution in [0.5, 0.6) is 0 Å². The van der Waals surface area contributed by atoms with Crippen molar-refractivity contribution in [2.24, 2.45) is 0 Å². The summed E-state index contributed by atoms with van der Waals surface area (Å²) in [4.78, 5) is 0. The van der Waals surface area contributed by atoms with Crippen LogP contribution in [0.2, 0.25) is 10.3 Å². The van der Waals surface area contributed by atoms with Crippen molar-refractivity contribution >= 4 is 18.4 Å². The van der Waals surface area contributed by atoms with Crippen molar-refractivity contribution in [3.8, 4) is 0 Å². The van der Waals surface area contributed by atoms with Crippen molar-refractivity contribution < 1.29 is 5.11 Å². The predicted molar refractivity (Wildman–Crippen MR) is 72.0 cm³/mol. The second-order valence-corrected chi connectivity index (χ2v) is 26.7. The van der Waals surface area contributed by atoms with Crippen LogP contribution in [0.3, 0.4) is 0 Å². The standard InChI is InChI=1S/3C4H9.CH3O.Sn/c3*1-4(2)3;1-2;/h3*1-3H3;2H,1H2;. The Morgan fingerprint density at radius 2 is 0.867 bits per heavy atom. The van der Waals surface area contributed by atoms with Crippen LogP contribution in [0, 0.1) is 0 Å². The van der Waals surface area contributed by atoms with Crippen LogP contribution in [0.1, 0.15) is 62.3 Å². The summed E-state index contributed by atoms with van der Waals surface area (Å²) in [7, 11) is 0. The molecule has 0 atom stereocenters. The average Bonchev–Trinajstić information content (AvgIpc) is 1.76. The Labute approximate surface area is 101 Å². The number of rotatable bonds is 1. The topological polar surface area (TPSA) is 20.2 Å². The molecule has 0 saturated carbocycles. The fraction of sp³-hybridized carbons (Fsp3) is 1.00. The zero-order valence-electron chi connectivity index (χ0n) is 12.2. The summed E-state index contributed by atoms with van der Waals surface area (Å²) >= 11 is -2.70. The van der Waals surface area contributed by atoms with E-state index in [1.807, 2.05) is 0 Å². The van der Waals surface area contributed by atoms with Gasteiger partial charge in [0, 0.05) is 0 Å². The summed E-state index contributed by atoms with van der Waals surface area (Å²) in [5.74, 6) is 0. The van der Waals surface area contributed by atoms with Crippen LogP contribution >= 0.6 is 0 Å². The van der Waals surface area contributed by atoms with E-state index in [0.717, 1.165) is 0 Å². The molecule has 0 amide bonds. The summed E-state index contributed by atoms with van der Waals surface area (Å²) in [5.41, 5.74) is 0. The first-order valence-electron chi connectivity index (χ1n) is 5.92. The SMILES string of the molecule is C[C](C)(C)[Sn]([CH2]O)([C](C)(C)C)[C](C)(C)C. The van der Waals surface area contributed by atoms with Gasteiger partial charge in [-0.3, -0.25) is 0 Å². The third kappa shape index (κ3) is 2.54. The third-order valence-corrected chi connectivity index (χ3v) is 27.4. The molecule has 92 valence electrons. The van der Waals surface area contributed by atoms with Crippen molar-refractivity contribution in [3.05, 3.63) is 0 Å². The van der Waals surface area contributed by atoms with Gasteiger partial charge in [0.15, 0.2) is 0 Å². The maximum absolute atomic E-state index is 10.1. The molecule has 0 spiro atoms. The quantitative estimate of drug-likeness (QED) is 0.711. The summed E-state index contributed by atoms with van der Waals surface area (Å²) in [6.07, 6.45) is 0. The minimum absolute atomic E-state index is 0.292. The van der Waals surface area contributed by atoms with E-state index in [1.165, 1.54) is 0 Å². The third-order valence-electron chi connectivity index (χ3n) is 4.08. The van der Waals surface area contributed by atoms with Gasteiger partial charge in [-0.05, 0) is 0 Å². The van der Waals surface area contributed by atoms with Crippen molar-refractivity contribution in [1.29, 1.82) is 0 Å². The molecule has 0 aliphatic rings. The van der Waals surface area contributed by atoms with Crippen molar-refractivity contribution in [2.45, 2.75) is 72.6 Å². The van der Waals surface area contributed by atoms with Crippen molar-refractivity contribution in [2.75, 3.05) is 4.62 Å². The Kier molecular flexibility index (Phi) is 4.42. The first kappa shape index (κ1) is 15.8. The summed E-state index contributed by atoms with van der Waals surface area (Å²) in [6, 6.07) is 0. The van der Waals surface area contributed by atoms with Crippen LogP contribution in [0.25, 0.3) is 0 Å². The molecule has 0 radical (unpaired) electrons. The summed E-state index contributed by atoms with van der Waals surface area (Å²) < 4.78 is 1.32. The molecule has 0 aromatic rings. The maximum atomic E-state index is 10.1. The molecule has 0 aromatic heterocycles. The zero-order valence-corrected chi connectivity index (χ0v) is 15.0. The molecule has 1 N–H and O–H groups in total. The van der Waals surface area contributed by atoms with Crippen LogP contribution in [0.4, 0.5) is 0 Å². The van der Waals surface area contributed by atoms with Crippen molar-refractivity contribution in [3.63, 3.8) is 0 Å². The number of aliphatic hydroxyl groups is 1. The average molecular weight is 321 g/mol. The van der Waals surface area contributed by atoms with Crippen LogP contribution in [0.15, 0.2) is 0 Å². The van der Waals surface area contributed by atoms with Crippen LogP contribution < -0.4 is 0 Å². The van der Waals surface area contributed by atoms with Gasteiger partial charge in [-0.25, -0.2) is 0 Å². The monoisotopic (exact) mass is 322 g/mol. The van der Waals surface area contributed by atoms with E-state index in [1.54, 1.807) is 0 Å². The summed E-state index contributed by atoms with van der Waals surface area (Å²) in [6.45, 7) is 21.0. The Morgan fingerprint density at radius 3 is 0.867 bits per heavy atom. The van der Waals surface area contributed by atoms with E-state index in [0.29, 0.717) is 14.9 Å². The van der Waals surface area contributed by atoms with Gasteiger partial charge in [0.05, 0.1) is 0 Å². The second kappa shape index (κ2) is 4.21. The van der Waals surface area contributed by atoms with Gasteiger partial charge in [0.2, 0.25) is 0 Å². The van der Waals surface area contributed by atoms with Gasteiger partial charge in [-0.15, -0.1) is 0 Å². The first-order chi connectivity index (χ1) is 6.31. The molecule has 0 bridgehead atoms. The molecule has 1 nitrogen and oxygen atoms in total. The molecule has 15 heavy (non-hydrogen) atoms. The molecule has 0 rings (SSSR count). The van der Waals surface area contributed by atoms with Gasteiger partial charge in [0.25, 0.3) is 0 Å². The molecule has 0 fully saturated rings. The molecule has 0 saturated heterocycles. The van der Waals surface area contributed by atoms with E-state index in [2.05, 4.69) is 62.3 Å². The van der Waals surface area contributed by atoms with E-state index < -0.39 is 18.4 Å². The summed E-state index contributed by atoms with van der Waals surface area (Å²) in [5, 5.41) is 10.1. The first-order valence-corrected chi connectivity index (χ1v) is 12.2. The van der Waals surface area contributed by atoms with Crippen LogP contribution in [-0.4, -0.2) is 28.1 Å². The zero-order chi connectivity index (χ0) is 12.7. The van der Waals surface area contributed by atoms with Gasteiger partial charge in [-0.2, -0.15) is 0 Å². The van der Waals surface area contributed by atoms with E-state index in [4.69, 9.17) is 0 Å². The molecule has 0 heterocycles. The van der Waals surface area contributed by atoms with Gasteiger partial charge >= 0.3 is 101 Å². The molecule has 0 aliphatic heterocycles. The Bertz CT molecular complexity index is 176. The fourth-order valence-electron chi connectivity index (χ4n) is 4.09.